The maximum absolute atomic E-state index is 15.5. The van der Waals surface area contributed by atoms with Crippen LogP contribution in [-0.4, -0.2) is 48.2 Å². The predicted octanol–water partition coefficient (Wildman–Crippen LogP) is 1.62. The van der Waals surface area contributed by atoms with E-state index in [-0.39, 0.29) is 29.4 Å². The van der Waals surface area contributed by atoms with E-state index >= 15 is 4.39 Å². The largest absolute Gasteiger partial charge is 0.487 e. The molecule has 1 atom stereocenters. The Kier molecular flexibility index (Phi) is 2.80. The highest BCUT2D eigenvalue weighted by Gasteiger charge is 2.30. The van der Waals surface area contributed by atoms with Crippen LogP contribution in [0, 0.1) is 5.82 Å². The molecule has 0 saturated carbocycles. The van der Waals surface area contributed by atoms with Crippen LogP contribution < -0.4 is 20.4 Å². The summed E-state index contributed by atoms with van der Waals surface area (Å²) in [6, 6.07) is 0.0478. The average Bonchev–Trinajstić information content (AvgIpc) is 2.65. The van der Waals surface area contributed by atoms with Gasteiger partial charge in [-0.25, -0.2) is 9.18 Å². The van der Waals surface area contributed by atoms with Crippen LogP contribution in [0.1, 0.15) is 34.3 Å². The van der Waals surface area contributed by atoms with Crippen molar-refractivity contribution in [3.63, 3.8) is 0 Å². The van der Waals surface area contributed by atoms with Gasteiger partial charge in [-0.3, -0.25) is 4.79 Å². The van der Waals surface area contributed by atoms with Crippen molar-refractivity contribution in [2.45, 2.75) is 13.0 Å². The molecule has 2 aromatic rings. The third-order valence-corrected chi connectivity index (χ3v) is 4.06. The summed E-state index contributed by atoms with van der Waals surface area (Å²) in [6.45, 7) is -11.6. The molecule has 0 aliphatic carbocycles. The number of nitrogens with zero attached hydrogens (tertiary/aromatic N) is 2. The molecule has 3 heterocycles. The van der Waals surface area contributed by atoms with Crippen LogP contribution in [0.3, 0.4) is 0 Å². The molecule has 4 rings (SSSR count). The fraction of sp³-hybridized carbons (Fsp3) is 0.412. The van der Waals surface area contributed by atoms with Gasteiger partial charge in [-0.2, -0.15) is 0 Å². The molecule has 0 radical (unpaired) electrons. The van der Waals surface area contributed by atoms with Gasteiger partial charge in [0.25, 0.3) is 0 Å². The zero-order valence-corrected chi connectivity index (χ0v) is 14.1. The van der Waals surface area contributed by atoms with Gasteiger partial charge in [0.1, 0.15) is 17.9 Å². The minimum Gasteiger partial charge on any atom is -0.487 e. The number of piperazine rings is 1. The molecule has 26 heavy (non-hydrogen) atoms. The van der Waals surface area contributed by atoms with Crippen LogP contribution in [0.4, 0.5) is 10.1 Å². The van der Waals surface area contributed by atoms with Gasteiger partial charge in [0.15, 0.2) is 11.6 Å². The highest BCUT2D eigenvalue weighted by molar-refractivity contribution is 5.97. The SMILES string of the molecule is Cl.[2H]C1([2H])NC([2H])([2H])C([2H])([2H])N(c2c(F)cc3c(=O)c(C(=O)O)cn4c3c2OC[C@@H]4C)C1([2H])[2H]. The lowest BCUT2D eigenvalue weighted by molar-refractivity contribution is 0.0694. The first-order valence-electron chi connectivity index (χ1n) is 11.3. The minimum atomic E-state index is -3.34. The van der Waals surface area contributed by atoms with E-state index in [9.17, 15) is 14.7 Å². The molecule has 7 nitrogen and oxygen atoms in total. The van der Waals surface area contributed by atoms with E-state index in [2.05, 4.69) is 0 Å². The molecule has 140 valence electrons. The van der Waals surface area contributed by atoms with Crippen molar-refractivity contribution in [3.8, 4) is 5.75 Å². The highest BCUT2D eigenvalue weighted by Crippen LogP contribution is 2.41. The van der Waals surface area contributed by atoms with Gasteiger partial charge in [0.05, 0.1) is 22.4 Å². The number of ether oxygens (including phenoxy) is 1. The maximum Gasteiger partial charge on any atom is 0.341 e. The first kappa shape index (κ1) is 10.7. The molecule has 2 N–H and O–H groups in total. The summed E-state index contributed by atoms with van der Waals surface area (Å²) in [7, 11) is 0. The van der Waals surface area contributed by atoms with E-state index in [1.165, 1.54) is 4.57 Å². The number of aromatic nitrogens is 1. The first-order valence-corrected chi connectivity index (χ1v) is 7.33. The summed E-state index contributed by atoms with van der Waals surface area (Å²) >= 11 is 0. The Morgan fingerprint density at radius 3 is 2.81 bits per heavy atom. The smallest absolute Gasteiger partial charge is 0.341 e. The van der Waals surface area contributed by atoms with Crippen molar-refractivity contribution in [1.82, 2.24) is 9.88 Å². The Morgan fingerprint density at radius 2 is 2.15 bits per heavy atom. The molecule has 1 fully saturated rings. The van der Waals surface area contributed by atoms with E-state index in [4.69, 9.17) is 15.7 Å². The summed E-state index contributed by atoms with van der Waals surface area (Å²) in [6.07, 6.45) is 1.02. The van der Waals surface area contributed by atoms with Gasteiger partial charge < -0.3 is 24.6 Å². The van der Waals surface area contributed by atoms with Crippen LogP contribution >= 0.6 is 12.4 Å². The Balaban J connectivity index is 0.00000324. The van der Waals surface area contributed by atoms with E-state index in [1.54, 1.807) is 12.2 Å². The molecule has 0 unspecified atom stereocenters. The number of anilines is 1. The number of hydrogen-bond acceptors (Lipinski definition) is 5. The van der Waals surface area contributed by atoms with Crippen LogP contribution in [-0.2, 0) is 0 Å². The molecule has 2 aliphatic rings. The number of carbonyl (C=O) groups is 1. The Hall–Kier alpha value is -2.32. The summed E-state index contributed by atoms with van der Waals surface area (Å²) < 4.78 is 87.2. The highest BCUT2D eigenvalue weighted by atomic mass is 35.5. The lowest BCUT2D eigenvalue weighted by atomic mass is 10.1. The first-order chi connectivity index (χ1) is 15.0. The van der Waals surface area contributed by atoms with E-state index in [0.29, 0.717) is 6.07 Å². The zero-order valence-electron chi connectivity index (χ0n) is 21.3. The number of hydrogen-bond donors (Lipinski definition) is 2. The van der Waals surface area contributed by atoms with Crippen molar-refractivity contribution in [2.75, 3.05) is 37.5 Å². The normalized spacial score (nSPS) is 31.3. The second-order valence-electron chi connectivity index (χ2n) is 5.61. The summed E-state index contributed by atoms with van der Waals surface area (Å²) in [5, 5.41) is 10.6. The Labute approximate surface area is 166 Å². The lowest BCUT2D eigenvalue weighted by Crippen LogP contribution is -2.44. The number of pyridine rings is 1. The van der Waals surface area contributed by atoms with Gasteiger partial charge in [0.2, 0.25) is 5.43 Å². The van der Waals surface area contributed by atoms with E-state index in [1.807, 2.05) is 0 Å². The second kappa shape index (κ2) is 6.77. The van der Waals surface area contributed by atoms with Crippen molar-refractivity contribution in [3.05, 3.63) is 33.9 Å². The number of rotatable bonds is 2. The maximum atomic E-state index is 15.5. The van der Waals surface area contributed by atoms with Crippen LogP contribution in [0.5, 0.6) is 5.75 Å². The molecular formula is C17H19ClFN3O4. The molecule has 1 saturated heterocycles. The van der Waals surface area contributed by atoms with Gasteiger partial charge in [-0.1, -0.05) is 0 Å². The summed E-state index contributed by atoms with van der Waals surface area (Å²) in [4.78, 5) is 24.2. The zero-order chi connectivity index (χ0) is 24.9. The summed E-state index contributed by atoms with van der Waals surface area (Å²) in [5.41, 5.74) is -2.77. The number of nitrogens with one attached hydrogen (secondary N) is 1. The number of aromatic carboxylic acids is 1. The standard InChI is InChI=1S/C17H18FN3O4.ClH/c1-9-8-25-16-13-10(15(22)11(17(23)24)7-21(9)13)6-12(18)14(16)20-4-2-19-3-5-20;/h6-7,9,19H,2-5,8H2,1H3,(H,23,24);1H/t9-;/m0./s1/i2D2,3D2,4D2,5D2;. The second-order valence-corrected chi connectivity index (χ2v) is 5.61. The fourth-order valence-electron chi connectivity index (χ4n) is 2.91. The third kappa shape index (κ3) is 2.69. The molecule has 0 amide bonds. The quantitative estimate of drug-likeness (QED) is 0.809. The molecular weight excluding hydrogens is 365 g/mol. The molecule has 0 bridgehead atoms. The Morgan fingerprint density at radius 1 is 1.46 bits per heavy atom. The molecule has 2 aliphatic heterocycles. The van der Waals surface area contributed by atoms with Gasteiger partial charge in [-0.15, -0.1) is 12.4 Å². The number of benzene rings is 1. The number of carboxylic acids is 1. The molecule has 0 spiro atoms. The predicted molar refractivity (Wildman–Crippen MR) is 97.7 cm³/mol. The summed E-state index contributed by atoms with van der Waals surface area (Å²) in [5.74, 6) is -3.50. The van der Waals surface area contributed by atoms with Gasteiger partial charge in [0, 0.05) is 37.7 Å². The average molecular weight is 392 g/mol. The fourth-order valence-corrected chi connectivity index (χ4v) is 2.91. The number of carboxylic acid groups (broad SMARTS) is 1. The van der Waals surface area contributed by atoms with Crippen molar-refractivity contribution < 1.29 is 30.0 Å². The van der Waals surface area contributed by atoms with E-state index < -0.39 is 71.6 Å². The van der Waals surface area contributed by atoms with E-state index in [0.717, 1.165) is 6.20 Å². The van der Waals surface area contributed by atoms with Crippen molar-refractivity contribution >= 4 is 35.0 Å². The lowest BCUT2D eigenvalue weighted by Gasteiger charge is -2.34. The number of halogens is 2. The molecule has 1 aromatic heterocycles. The van der Waals surface area contributed by atoms with Crippen molar-refractivity contribution in [2.24, 2.45) is 0 Å². The minimum absolute atomic E-state index is 0. The van der Waals surface area contributed by atoms with Crippen molar-refractivity contribution in [1.29, 1.82) is 0 Å². The Bertz CT molecular complexity index is 1250. The van der Waals surface area contributed by atoms with Gasteiger partial charge in [-0.05, 0) is 13.0 Å². The van der Waals surface area contributed by atoms with Crippen LogP contribution in [0.25, 0.3) is 10.9 Å². The van der Waals surface area contributed by atoms with Crippen LogP contribution in [0.15, 0.2) is 17.1 Å². The van der Waals surface area contributed by atoms with Gasteiger partial charge >= 0.3 is 5.97 Å². The third-order valence-electron chi connectivity index (χ3n) is 4.06. The topological polar surface area (TPSA) is 83.8 Å². The molecule has 1 aromatic carbocycles. The van der Waals surface area contributed by atoms with Crippen LogP contribution in [0.2, 0.25) is 0 Å². The molecule has 9 heteroatoms. The monoisotopic (exact) mass is 391 g/mol.